The Bertz CT molecular complexity index is 643. The summed E-state index contributed by atoms with van der Waals surface area (Å²) in [5.74, 6) is -0.201. The smallest absolute Gasteiger partial charge is 0.256 e. The molecule has 2 rings (SSSR count). The third-order valence-corrected chi connectivity index (χ3v) is 3.78. The summed E-state index contributed by atoms with van der Waals surface area (Å²) in [5, 5.41) is 14.0. The van der Waals surface area contributed by atoms with E-state index in [4.69, 9.17) is 5.26 Å². The predicted octanol–water partition coefficient (Wildman–Crippen LogP) is 3.94. The fraction of sp³-hybridized carbons (Fsp3) is 0.0769. The Morgan fingerprint density at radius 1 is 1.44 bits per heavy atom. The monoisotopic (exact) mass is 320 g/mol. The number of anilines is 1. The van der Waals surface area contributed by atoms with Gasteiger partial charge in [-0.3, -0.25) is 4.79 Å². The summed E-state index contributed by atoms with van der Waals surface area (Å²) in [7, 11) is 0. The zero-order valence-corrected chi connectivity index (χ0v) is 11.9. The molecule has 1 aromatic heterocycles. The topological polar surface area (TPSA) is 52.9 Å². The zero-order valence-electron chi connectivity index (χ0n) is 9.53. The van der Waals surface area contributed by atoms with Crippen molar-refractivity contribution < 1.29 is 4.79 Å². The second kappa shape index (κ2) is 5.34. The van der Waals surface area contributed by atoms with Gasteiger partial charge >= 0.3 is 0 Å². The maximum Gasteiger partial charge on any atom is 0.256 e. The fourth-order valence-electron chi connectivity index (χ4n) is 1.50. The van der Waals surface area contributed by atoms with Gasteiger partial charge in [-0.15, -0.1) is 11.3 Å². The third-order valence-electron chi connectivity index (χ3n) is 2.46. The van der Waals surface area contributed by atoms with E-state index in [1.165, 1.54) is 11.3 Å². The van der Waals surface area contributed by atoms with Crippen LogP contribution in [0.3, 0.4) is 0 Å². The van der Waals surface area contributed by atoms with E-state index in [1.54, 1.807) is 17.5 Å². The SMILES string of the molecule is Cc1ccc(Br)cc1C(=O)Nc1sccc1C#N. The molecule has 0 unspecified atom stereocenters. The molecule has 0 atom stereocenters. The molecule has 0 aliphatic carbocycles. The van der Waals surface area contributed by atoms with Crippen molar-refractivity contribution in [1.29, 1.82) is 5.26 Å². The first-order chi connectivity index (χ1) is 8.61. The molecule has 1 N–H and O–H groups in total. The Morgan fingerprint density at radius 2 is 2.22 bits per heavy atom. The standard InChI is InChI=1S/C13H9BrN2OS/c1-8-2-3-10(14)6-11(8)12(17)16-13-9(7-15)4-5-18-13/h2-6H,1H3,(H,16,17). The first-order valence-electron chi connectivity index (χ1n) is 5.17. The minimum absolute atomic E-state index is 0.201. The summed E-state index contributed by atoms with van der Waals surface area (Å²) in [6, 6.07) is 9.26. The van der Waals surface area contributed by atoms with Crippen molar-refractivity contribution in [2.45, 2.75) is 6.92 Å². The van der Waals surface area contributed by atoms with Crippen LogP contribution in [0.25, 0.3) is 0 Å². The van der Waals surface area contributed by atoms with Gasteiger partial charge in [0.05, 0.1) is 5.56 Å². The number of carbonyl (C=O) groups excluding carboxylic acids is 1. The molecule has 0 saturated heterocycles. The lowest BCUT2D eigenvalue weighted by atomic mass is 10.1. The van der Waals surface area contributed by atoms with Gasteiger partial charge in [0.25, 0.3) is 5.91 Å². The number of rotatable bonds is 2. The minimum Gasteiger partial charge on any atom is -0.312 e. The van der Waals surface area contributed by atoms with Gasteiger partial charge in [0, 0.05) is 10.0 Å². The van der Waals surface area contributed by atoms with Crippen LogP contribution in [0.5, 0.6) is 0 Å². The highest BCUT2D eigenvalue weighted by Gasteiger charge is 2.12. The van der Waals surface area contributed by atoms with Crippen molar-refractivity contribution in [2.75, 3.05) is 5.32 Å². The van der Waals surface area contributed by atoms with E-state index >= 15 is 0 Å². The molecular weight excluding hydrogens is 312 g/mol. The highest BCUT2D eigenvalue weighted by molar-refractivity contribution is 9.10. The molecule has 0 aliphatic rings. The molecule has 0 spiro atoms. The van der Waals surface area contributed by atoms with Crippen molar-refractivity contribution in [1.82, 2.24) is 0 Å². The lowest BCUT2D eigenvalue weighted by Crippen LogP contribution is -2.13. The number of hydrogen-bond donors (Lipinski definition) is 1. The quantitative estimate of drug-likeness (QED) is 0.911. The van der Waals surface area contributed by atoms with Gasteiger partial charge in [-0.2, -0.15) is 5.26 Å². The van der Waals surface area contributed by atoms with Gasteiger partial charge in [-0.25, -0.2) is 0 Å². The maximum absolute atomic E-state index is 12.1. The number of thiophene rings is 1. The Morgan fingerprint density at radius 3 is 2.94 bits per heavy atom. The van der Waals surface area contributed by atoms with Crippen molar-refractivity contribution in [3.63, 3.8) is 0 Å². The Balaban J connectivity index is 2.28. The van der Waals surface area contributed by atoms with Gasteiger partial charge in [-0.05, 0) is 36.1 Å². The second-order valence-corrected chi connectivity index (χ2v) is 5.52. The van der Waals surface area contributed by atoms with Crippen molar-refractivity contribution >= 4 is 38.2 Å². The Kier molecular flexibility index (Phi) is 3.80. The van der Waals surface area contributed by atoms with Crippen LogP contribution in [-0.4, -0.2) is 5.91 Å². The van der Waals surface area contributed by atoms with E-state index in [-0.39, 0.29) is 5.91 Å². The predicted molar refractivity (Wildman–Crippen MR) is 75.9 cm³/mol. The molecule has 1 heterocycles. The van der Waals surface area contributed by atoms with Gasteiger partial charge in [0.15, 0.2) is 0 Å². The van der Waals surface area contributed by atoms with E-state index in [1.807, 2.05) is 25.1 Å². The highest BCUT2D eigenvalue weighted by Crippen LogP contribution is 2.24. The average molecular weight is 321 g/mol. The summed E-state index contributed by atoms with van der Waals surface area (Å²) in [4.78, 5) is 12.1. The molecule has 2 aromatic rings. The Labute approximate surface area is 117 Å². The number of nitriles is 1. The van der Waals surface area contributed by atoms with Crippen molar-refractivity contribution in [2.24, 2.45) is 0 Å². The minimum atomic E-state index is -0.201. The van der Waals surface area contributed by atoms with Crippen LogP contribution in [-0.2, 0) is 0 Å². The van der Waals surface area contributed by atoms with E-state index in [9.17, 15) is 4.79 Å². The summed E-state index contributed by atoms with van der Waals surface area (Å²) < 4.78 is 0.852. The van der Waals surface area contributed by atoms with Crippen molar-refractivity contribution in [3.05, 3.63) is 50.8 Å². The number of nitrogens with zero attached hydrogens (tertiary/aromatic N) is 1. The molecular formula is C13H9BrN2OS. The van der Waals surface area contributed by atoms with Crippen LogP contribution in [0.2, 0.25) is 0 Å². The van der Waals surface area contributed by atoms with Crippen LogP contribution in [0, 0.1) is 18.3 Å². The lowest BCUT2D eigenvalue weighted by Gasteiger charge is -2.07. The first kappa shape index (κ1) is 12.8. The second-order valence-electron chi connectivity index (χ2n) is 3.69. The average Bonchev–Trinajstić information content (AvgIpc) is 2.79. The molecule has 0 bridgehead atoms. The van der Waals surface area contributed by atoms with Gasteiger partial charge in [0.2, 0.25) is 0 Å². The normalized spacial score (nSPS) is 9.83. The maximum atomic E-state index is 12.1. The van der Waals surface area contributed by atoms with Crippen LogP contribution >= 0.6 is 27.3 Å². The number of carbonyl (C=O) groups is 1. The first-order valence-corrected chi connectivity index (χ1v) is 6.84. The molecule has 18 heavy (non-hydrogen) atoms. The summed E-state index contributed by atoms with van der Waals surface area (Å²) in [6.45, 7) is 1.88. The zero-order chi connectivity index (χ0) is 13.1. The molecule has 1 amide bonds. The van der Waals surface area contributed by atoms with E-state index in [0.717, 1.165) is 10.0 Å². The third kappa shape index (κ3) is 2.61. The molecule has 0 radical (unpaired) electrons. The van der Waals surface area contributed by atoms with Gasteiger partial charge in [-0.1, -0.05) is 22.0 Å². The lowest BCUT2D eigenvalue weighted by molar-refractivity contribution is 0.102. The molecule has 1 aromatic carbocycles. The highest BCUT2D eigenvalue weighted by atomic mass is 79.9. The molecule has 5 heteroatoms. The van der Waals surface area contributed by atoms with Crippen LogP contribution in [0.15, 0.2) is 34.1 Å². The number of hydrogen-bond acceptors (Lipinski definition) is 3. The van der Waals surface area contributed by atoms with Crippen LogP contribution in [0.4, 0.5) is 5.00 Å². The summed E-state index contributed by atoms with van der Waals surface area (Å²) in [5.41, 5.74) is 1.98. The van der Waals surface area contributed by atoms with E-state index < -0.39 is 0 Å². The Hall–Kier alpha value is -1.64. The molecule has 0 saturated carbocycles. The molecule has 0 aliphatic heterocycles. The number of nitrogens with one attached hydrogen (secondary N) is 1. The van der Waals surface area contributed by atoms with Gasteiger partial charge < -0.3 is 5.32 Å². The van der Waals surface area contributed by atoms with Crippen LogP contribution < -0.4 is 5.32 Å². The number of benzene rings is 1. The number of aryl methyl sites for hydroxylation is 1. The van der Waals surface area contributed by atoms with Gasteiger partial charge in [0.1, 0.15) is 11.1 Å². The van der Waals surface area contributed by atoms with E-state index in [2.05, 4.69) is 21.2 Å². The van der Waals surface area contributed by atoms with Crippen LogP contribution in [0.1, 0.15) is 21.5 Å². The largest absolute Gasteiger partial charge is 0.312 e. The molecule has 0 fully saturated rings. The van der Waals surface area contributed by atoms with E-state index in [0.29, 0.717) is 16.1 Å². The summed E-state index contributed by atoms with van der Waals surface area (Å²) in [6.07, 6.45) is 0. The van der Waals surface area contributed by atoms with Crippen molar-refractivity contribution in [3.8, 4) is 6.07 Å². The number of halogens is 1. The molecule has 90 valence electrons. The summed E-state index contributed by atoms with van der Waals surface area (Å²) >= 11 is 4.68. The fourth-order valence-corrected chi connectivity index (χ4v) is 2.60. The number of amides is 1. The molecule has 3 nitrogen and oxygen atoms in total.